The standard InChI is InChI=1S/C4H9Cl.Cl2P/c1-2-3-4-5;1-3-2/h2-4H2,1H3;. The van der Waals surface area contributed by atoms with Crippen molar-refractivity contribution in [1.29, 1.82) is 0 Å². The third kappa shape index (κ3) is 26.6. The monoisotopic (exact) mass is 193 g/mol. The minimum atomic E-state index is 0.361. The molecule has 0 aromatic rings. The highest BCUT2D eigenvalue weighted by Crippen LogP contribution is 2.19. The van der Waals surface area contributed by atoms with Crippen LogP contribution in [0, 0.1) is 0 Å². The van der Waals surface area contributed by atoms with Crippen LogP contribution < -0.4 is 0 Å². The SMILES string of the molecule is CCCCCl.Cl[P]Cl. The van der Waals surface area contributed by atoms with E-state index in [0.717, 1.165) is 12.3 Å². The van der Waals surface area contributed by atoms with E-state index in [-0.39, 0.29) is 0 Å². The van der Waals surface area contributed by atoms with E-state index in [1.165, 1.54) is 6.42 Å². The molecule has 0 saturated carbocycles. The van der Waals surface area contributed by atoms with Gasteiger partial charge in [-0.2, -0.15) is 0 Å². The minimum absolute atomic E-state index is 0.361. The molecule has 0 aromatic heterocycles. The Morgan fingerprint density at radius 3 is 1.75 bits per heavy atom. The molecular weight excluding hydrogens is 185 g/mol. The summed E-state index contributed by atoms with van der Waals surface area (Å²) < 4.78 is 0. The first kappa shape index (κ1) is 12.0. The first-order valence-corrected chi connectivity index (χ1v) is 5.55. The Morgan fingerprint density at radius 1 is 1.38 bits per heavy atom. The van der Waals surface area contributed by atoms with Gasteiger partial charge in [-0.15, -0.1) is 11.6 Å². The summed E-state index contributed by atoms with van der Waals surface area (Å²) in [5.74, 6) is 0.816. The predicted octanol–water partition coefficient (Wildman–Crippen LogP) is 4.27. The van der Waals surface area contributed by atoms with Gasteiger partial charge in [0.15, 0.2) is 0 Å². The van der Waals surface area contributed by atoms with Crippen molar-refractivity contribution >= 4 is 41.4 Å². The van der Waals surface area contributed by atoms with Gasteiger partial charge in [0.2, 0.25) is 0 Å². The molecule has 8 heavy (non-hydrogen) atoms. The van der Waals surface area contributed by atoms with Gasteiger partial charge in [0.1, 0.15) is 7.29 Å². The van der Waals surface area contributed by atoms with E-state index in [0.29, 0.717) is 7.29 Å². The Hall–Kier alpha value is 1.30. The Morgan fingerprint density at radius 2 is 1.75 bits per heavy atom. The van der Waals surface area contributed by atoms with Gasteiger partial charge in [0.25, 0.3) is 0 Å². The van der Waals surface area contributed by atoms with Crippen molar-refractivity contribution in [2.75, 3.05) is 5.88 Å². The van der Waals surface area contributed by atoms with E-state index in [4.69, 9.17) is 34.1 Å². The zero-order valence-corrected chi connectivity index (χ0v) is 7.86. The maximum atomic E-state index is 5.30. The molecule has 0 atom stereocenters. The predicted molar refractivity (Wildman–Crippen MR) is 44.3 cm³/mol. The second-order valence-electron chi connectivity index (χ2n) is 1.11. The van der Waals surface area contributed by atoms with Crippen LogP contribution in [0.15, 0.2) is 0 Å². The van der Waals surface area contributed by atoms with Gasteiger partial charge in [-0.05, 0) is 6.42 Å². The average molecular weight is 194 g/mol. The molecule has 0 heterocycles. The third-order valence-electron chi connectivity index (χ3n) is 0.487. The molecule has 0 fully saturated rings. The lowest BCUT2D eigenvalue weighted by Gasteiger charge is -1.77. The van der Waals surface area contributed by atoms with Gasteiger partial charge in [-0.1, -0.05) is 35.8 Å². The molecule has 51 valence electrons. The Kier molecular flexibility index (Phi) is 23.7. The normalized spacial score (nSPS) is 7.50. The summed E-state index contributed by atoms with van der Waals surface area (Å²) >= 11 is 14.8. The van der Waals surface area contributed by atoms with Crippen LogP contribution in [-0.2, 0) is 0 Å². The zero-order chi connectivity index (χ0) is 6.83. The van der Waals surface area contributed by atoms with Crippen molar-refractivity contribution in [3.63, 3.8) is 0 Å². The Labute approximate surface area is 67.2 Å². The molecule has 0 rings (SSSR count). The fourth-order valence-corrected chi connectivity index (χ4v) is 0.401. The van der Waals surface area contributed by atoms with Crippen LogP contribution in [0.3, 0.4) is 0 Å². The average Bonchev–Trinajstić information content (AvgIpc) is 1.71. The third-order valence-corrected chi connectivity index (χ3v) is 0.754. The smallest absolute Gasteiger partial charge is 0.127 e. The van der Waals surface area contributed by atoms with Crippen LogP contribution in [-0.4, -0.2) is 5.88 Å². The zero-order valence-electron chi connectivity index (χ0n) is 4.70. The fraction of sp³-hybridized carbons (Fsp3) is 1.00. The molecule has 0 aromatic carbocycles. The highest BCUT2D eigenvalue weighted by molar-refractivity contribution is 7.90. The van der Waals surface area contributed by atoms with E-state index in [1.54, 1.807) is 0 Å². The Bertz CT molecular complexity index is 25.2. The van der Waals surface area contributed by atoms with Gasteiger partial charge in [0, 0.05) is 5.88 Å². The molecule has 0 unspecified atom stereocenters. The first-order chi connectivity index (χ1) is 3.83. The van der Waals surface area contributed by atoms with E-state index in [9.17, 15) is 0 Å². The summed E-state index contributed by atoms with van der Waals surface area (Å²) in [6, 6.07) is 0. The number of unbranched alkanes of at least 4 members (excludes halogenated alkanes) is 1. The molecular formula is C4H9Cl3P. The van der Waals surface area contributed by atoms with E-state index in [2.05, 4.69) is 6.92 Å². The highest BCUT2D eigenvalue weighted by atomic mass is 35.9. The maximum Gasteiger partial charge on any atom is 0.141 e. The molecule has 0 amide bonds. The van der Waals surface area contributed by atoms with Gasteiger partial charge in [-0.3, -0.25) is 0 Å². The summed E-state index contributed by atoms with van der Waals surface area (Å²) in [5, 5.41) is 0. The summed E-state index contributed by atoms with van der Waals surface area (Å²) in [6.07, 6.45) is 2.37. The van der Waals surface area contributed by atoms with Crippen molar-refractivity contribution in [1.82, 2.24) is 0 Å². The first-order valence-electron chi connectivity index (χ1n) is 2.31. The molecule has 0 aliphatic rings. The number of rotatable bonds is 2. The van der Waals surface area contributed by atoms with Crippen molar-refractivity contribution in [3.8, 4) is 0 Å². The maximum absolute atomic E-state index is 5.30. The molecule has 0 N–H and O–H groups in total. The van der Waals surface area contributed by atoms with Crippen molar-refractivity contribution < 1.29 is 0 Å². The second kappa shape index (κ2) is 15.7. The van der Waals surface area contributed by atoms with Crippen LogP contribution >= 0.6 is 41.4 Å². The van der Waals surface area contributed by atoms with Gasteiger partial charge < -0.3 is 0 Å². The lowest BCUT2D eigenvalue weighted by atomic mass is 10.4. The quantitative estimate of drug-likeness (QED) is 0.455. The minimum Gasteiger partial charge on any atom is -0.127 e. The van der Waals surface area contributed by atoms with Crippen molar-refractivity contribution in [3.05, 3.63) is 0 Å². The lowest BCUT2D eigenvalue weighted by molar-refractivity contribution is 0.892. The van der Waals surface area contributed by atoms with Crippen LogP contribution in [0.25, 0.3) is 0 Å². The molecule has 4 heteroatoms. The van der Waals surface area contributed by atoms with E-state index >= 15 is 0 Å². The number of hydrogen-bond acceptors (Lipinski definition) is 0. The summed E-state index contributed by atoms with van der Waals surface area (Å²) in [7, 11) is 0.361. The molecule has 0 nitrogen and oxygen atoms in total. The molecule has 0 saturated heterocycles. The topological polar surface area (TPSA) is 0 Å². The van der Waals surface area contributed by atoms with Crippen molar-refractivity contribution in [2.45, 2.75) is 19.8 Å². The summed E-state index contributed by atoms with van der Waals surface area (Å²) in [6.45, 7) is 2.13. The largest absolute Gasteiger partial charge is 0.141 e. The molecule has 0 aliphatic heterocycles. The van der Waals surface area contributed by atoms with Crippen molar-refractivity contribution in [2.24, 2.45) is 0 Å². The van der Waals surface area contributed by atoms with E-state index < -0.39 is 0 Å². The van der Waals surface area contributed by atoms with Crippen LogP contribution in [0.2, 0.25) is 0 Å². The van der Waals surface area contributed by atoms with Gasteiger partial charge in [-0.25, -0.2) is 0 Å². The summed E-state index contributed by atoms with van der Waals surface area (Å²) in [4.78, 5) is 0. The van der Waals surface area contributed by atoms with Crippen LogP contribution in [0.5, 0.6) is 0 Å². The van der Waals surface area contributed by atoms with Gasteiger partial charge >= 0.3 is 0 Å². The lowest BCUT2D eigenvalue weighted by Crippen LogP contribution is -1.65. The number of hydrogen-bond donors (Lipinski definition) is 0. The fourth-order valence-electron chi connectivity index (χ4n) is 0.134. The number of alkyl halides is 1. The molecule has 0 spiro atoms. The van der Waals surface area contributed by atoms with Gasteiger partial charge in [0.05, 0.1) is 0 Å². The molecule has 0 bridgehead atoms. The van der Waals surface area contributed by atoms with E-state index in [1.807, 2.05) is 0 Å². The number of halogens is 3. The highest BCUT2D eigenvalue weighted by Gasteiger charge is 1.70. The van der Waals surface area contributed by atoms with Crippen LogP contribution in [0.4, 0.5) is 0 Å². The summed E-state index contributed by atoms with van der Waals surface area (Å²) in [5.41, 5.74) is 0. The molecule has 1 radical (unpaired) electrons. The molecule has 0 aliphatic carbocycles. The van der Waals surface area contributed by atoms with Crippen LogP contribution in [0.1, 0.15) is 19.8 Å². The second-order valence-corrected chi connectivity index (χ2v) is 3.15. The Balaban J connectivity index is 0.